The van der Waals surface area contributed by atoms with E-state index < -0.39 is 6.10 Å². The maximum absolute atomic E-state index is 12.5. The number of unbranched alkanes of at least 4 members (excludes halogenated alkanes) is 1. The number of carbonyl (C=O) groups is 1. The van der Waals surface area contributed by atoms with Gasteiger partial charge in [0, 0.05) is 12.1 Å². The van der Waals surface area contributed by atoms with Crippen LogP contribution in [0.5, 0.6) is 11.5 Å². The third-order valence-electron chi connectivity index (χ3n) is 3.79. The predicted molar refractivity (Wildman–Crippen MR) is 86.9 cm³/mol. The van der Waals surface area contributed by atoms with Crippen molar-refractivity contribution < 1.29 is 14.3 Å². The molecule has 0 radical (unpaired) electrons. The molecule has 0 saturated heterocycles. The summed E-state index contributed by atoms with van der Waals surface area (Å²) in [6.07, 6.45) is 3.18. The molecule has 6 nitrogen and oxygen atoms in total. The summed E-state index contributed by atoms with van der Waals surface area (Å²) in [6, 6.07) is 7.35. The second-order valence-electron chi connectivity index (χ2n) is 5.61. The molecule has 0 aliphatic carbocycles. The summed E-state index contributed by atoms with van der Waals surface area (Å²) < 4.78 is 13.2. The molecule has 1 N–H and O–H groups in total. The fourth-order valence-electron chi connectivity index (χ4n) is 2.47. The molecule has 0 fully saturated rings. The summed E-state index contributed by atoms with van der Waals surface area (Å²) in [4.78, 5) is 12.5. The number of rotatable bonds is 5. The van der Waals surface area contributed by atoms with Gasteiger partial charge in [0.1, 0.15) is 12.4 Å². The molecule has 6 heteroatoms. The standard InChI is InChI=1S/C17H21N3O3/c1-3-4-9-20-16(12(2)10-18-20)19-17(21)15-11-22-13-7-5-6-8-14(13)23-15/h5-8,10,15H,3-4,9,11H2,1-2H3,(H,19,21)/t15-/m1/s1. The number of anilines is 1. The molecule has 1 aromatic heterocycles. The van der Waals surface area contributed by atoms with Crippen molar-refractivity contribution in [3.8, 4) is 11.5 Å². The third-order valence-corrected chi connectivity index (χ3v) is 3.79. The van der Waals surface area contributed by atoms with Crippen LogP contribution in [0.15, 0.2) is 30.5 Å². The first-order valence-corrected chi connectivity index (χ1v) is 7.90. The Morgan fingerprint density at radius 1 is 1.39 bits per heavy atom. The summed E-state index contributed by atoms with van der Waals surface area (Å²) in [5.74, 6) is 1.77. The van der Waals surface area contributed by atoms with Crippen LogP contribution in [0.1, 0.15) is 25.3 Å². The molecule has 2 aromatic rings. The van der Waals surface area contributed by atoms with Gasteiger partial charge in [-0.2, -0.15) is 5.10 Å². The zero-order valence-electron chi connectivity index (χ0n) is 13.4. The smallest absolute Gasteiger partial charge is 0.270 e. The number of hydrogen-bond donors (Lipinski definition) is 1. The molecule has 1 aromatic carbocycles. The van der Waals surface area contributed by atoms with E-state index in [0.717, 1.165) is 30.8 Å². The highest BCUT2D eigenvalue weighted by atomic mass is 16.6. The summed E-state index contributed by atoms with van der Waals surface area (Å²) in [7, 11) is 0. The van der Waals surface area contributed by atoms with Crippen molar-refractivity contribution in [2.75, 3.05) is 11.9 Å². The van der Waals surface area contributed by atoms with Crippen LogP contribution in [0.3, 0.4) is 0 Å². The Labute approximate surface area is 135 Å². The van der Waals surface area contributed by atoms with Crippen LogP contribution in [0.2, 0.25) is 0 Å². The van der Waals surface area contributed by atoms with Gasteiger partial charge >= 0.3 is 0 Å². The van der Waals surface area contributed by atoms with Crippen LogP contribution < -0.4 is 14.8 Å². The van der Waals surface area contributed by atoms with Crippen molar-refractivity contribution in [2.45, 2.75) is 39.3 Å². The predicted octanol–water partition coefficient (Wildman–Crippen LogP) is 2.77. The molecule has 122 valence electrons. The molecule has 0 bridgehead atoms. The van der Waals surface area contributed by atoms with Crippen molar-refractivity contribution in [3.63, 3.8) is 0 Å². The van der Waals surface area contributed by atoms with E-state index in [2.05, 4.69) is 17.3 Å². The number of fused-ring (bicyclic) bond motifs is 1. The summed E-state index contributed by atoms with van der Waals surface area (Å²) >= 11 is 0. The molecule has 1 amide bonds. The van der Waals surface area contributed by atoms with E-state index in [1.807, 2.05) is 29.8 Å². The minimum Gasteiger partial charge on any atom is -0.485 e. The molecule has 23 heavy (non-hydrogen) atoms. The lowest BCUT2D eigenvalue weighted by atomic mass is 10.2. The molecule has 3 rings (SSSR count). The average Bonchev–Trinajstić information content (AvgIpc) is 2.92. The molecular weight excluding hydrogens is 294 g/mol. The number of aryl methyl sites for hydroxylation is 2. The second-order valence-corrected chi connectivity index (χ2v) is 5.61. The van der Waals surface area contributed by atoms with Crippen molar-refractivity contribution in [1.29, 1.82) is 0 Å². The van der Waals surface area contributed by atoms with Crippen molar-refractivity contribution >= 4 is 11.7 Å². The number of nitrogens with zero attached hydrogens (tertiary/aromatic N) is 2. The first-order valence-electron chi connectivity index (χ1n) is 7.90. The minimum atomic E-state index is -0.668. The van der Waals surface area contributed by atoms with E-state index in [0.29, 0.717) is 11.5 Å². The molecule has 1 atom stereocenters. The van der Waals surface area contributed by atoms with Crippen molar-refractivity contribution in [3.05, 3.63) is 36.0 Å². The van der Waals surface area contributed by atoms with Gasteiger partial charge in [0.25, 0.3) is 5.91 Å². The number of nitrogens with one attached hydrogen (secondary N) is 1. The van der Waals surface area contributed by atoms with Gasteiger partial charge < -0.3 is 14.8 Å². The Morgan fingerprint density at radius 2 is 2.17 bits per heavy atom. The minimum absolute atomic E-state index is 0.199. The Kier molecular flexibility index (Phi) is 4.50. The topological polar surface area (TPSA) is 65.4 Å². The fraction of sp³-hybridized carbons (Fsp3) is 0.412. The highest BCUT2D eigenvalue weighted by Gasteiger charge is 2.28. The van der Waals surface area contributed by atoms with Gasteiger partial charge in [-0.1, -0.05) is 25.5 Å². The van der Waals surface area contributed by atoms with Crippen LogP contribution in [0.4, 0.5) is 5.82 Å². The van der Waals surface area contributed by atoms with Gasteiger partial charge in [0.05, 0.1) is 6.20 Å². The fourth-order valence-corrected chi connectivity index (χ4v) is 2.47. The summed E-state index contributed by atoms with van der Waals surface area (Å²) in [5.41, 5.74) is 0.937. The molecule has 2 heterocycles. The molecule has 1 aliphatic heterocycles. The lowest BCUT2D eigenvalue weighted by Crippen LogP contribution is -2.40. The van der Waals surface area contributed by atoms with Crippen LogP contribution >= 0.6 is 0 Å². The van der Waals surface area contributed by atoms with Crippen LogP contribution in [-0.2, 0) is 11.3 Å². The SMILES string of the molecule is CCCCn1ncc(C)c1NC(=O)[C@H]1COc2ccccc2O1. The Hall–Kier alpha value is -2.50. The van der Waals surface area contributed by atoms with E-state index in [-0.39, 0.29) is 12.5 Å². The number of ether oxygens (including phenoxy) is 2. The van der Waals surface area contributed by atoms with Crippen molar-refractivity contribution in [1.82, 2.24) is 9.78 Å². The number of amides is 1. The average molecular weight is 315 g/mol. The van der Waals surface area contributed by atoms with Gasteiger partial charge in [-0.3, -0.25) is 4.79 Å². The zero-order chi connectivity index (χ0) is 16.2. The van der Waals surface area contributed by atoms with Crippen LogP contribution in [0.25, 0.3) is 0 Å². The van der Waals surface area contributed by atoms with Gasteiger partial charge in [-0.25, -0.2) is 4.68 Å². The van der Waals surface area contributed by atoms with E-state index in [9.17, 15) is 4.79 Å². The van der Waals surface area contributed by atoms with E-state index in [1.165, 1.54) is 0 Å². The third kappa shape index (κ3) is 3.31. The number of carbonyl (C=O) groups excluding carboxylic acids is 1. The normalized spacial score (nSPS) is 16.2. The summed E-state index contributed by atoms with van der Waals surface area (Å²) in [6.45, 7) is 5.04. The molecule has 0 spiro atoms. The quantitative estimate of drug-likeness (QED) is 0.921. The van der Waals surface area contributed by atoms with E-state index in [1.54, 1.807) is 12.3 Å². The lowest BCUT2D eigenvalue weighted by molar-refractivity contribution is -0.125. The molecule has 0 unspecified atom stereocenters. The lowest BCUT2D eigenvalue weighted by Gasteiger charge is -2.25. The highest BCUT2D eigenvalue weighted by molar-refractivity contribution is 5.94. The Morgan fingerprint density at radius 3 is 2.96 bits per heavy atom. The number of hydrogen-bond acceptors (Lipinski definition) is 4. The van der Waals surface area contributed by atoms with Crippen LogP contribution in [0, 0.1) is 6.92 Å². The largest absolute Gasteiger partial charge is 0.485 e. The first-order chi connectivity index (χ1) is 11.2. The molecule has 0 saturated carbocycles. The Balaban J connectivity index is 1.70. The maximum atomic E-state index is 12.5. The second kappa shape index (κ2) is 6.73. The van der Waals surface area contributed by atoms with Gasteiger partial charge in [-0.05, 0) is 25.5 Å². The number of benzene rings is 1. The molecule has 1 aliphatic rings. The maximum Gasteiger partial charge on any atom is 0.270 e. The van der Waals surface area contributed by atoms with Gasteiger partial charge in [0.15, 0.2) is 11.5 Å². The zero-order valence-corrected chi connectivity index (χ0v) is 13.4. The number of aromatic nitrogens is 2. The van der Waals surface area contributed by atoms with Crippen LogP contribution in [-0.4, -0.2) is 28.4 Å². The van der Waals surface area contributed by atoms with E-state index in [4.69, 9.17) is 9.47 Å². The van der Waals surface area contributed by atoms with E-state index >= 15 is 0 Å². The monoisotopic (exact) mass is 315 g/mol. The van der Waals surface area contributed by atoms with Gasteiger partial charge in [-0.15, -0.1) is 0 Å². The first kappa shape index (κ1) is 15.4. The summed E-state index contributed by atoms with van der Waals surface area (Å²) in [5, 5.41) is 7.24. The number of para-hydroxylation sites is 2. The molecular formula is C17H21N3O3. The van der Waals surface area contributed by atoms with Gasteiger partial charge in [0.2, 0.25) is 6.10 Å². The van der Waals surface area contributed by atoms with Crippen molar-refractivity contribution in [2.24, 2.45) is 0 Å². The highest BCUT2D eigenvalue weighted by Crippen LogP contribution is 2.31. The Bertz CT molecular complexity index is 696.